The van der Waals surface area contributed by atoms with Crippen LogP contribution < -0.4 is 16.1 Å². The molecule has 1 heterocycles. The lowest BCUT2D eigenvalue weighted by molar-refractivity contribution is -0.129. The molecule has 0 aromatic heterocycles. The molecular weight excluding hydrogens is 475 g/mol. The Morgan fingerprint density at radius 2 is 1.78 bits per heavy atom. The molecule has 1 aliphatic carbocycles. The summed E-state index contributed by atoms with van der Waals surface area (Å²) < 4.78 is 40.8. The summed E-state index contributed by atoms with van der Waals surface area (Å²) in [7, 11) is 0. The first kappa shape index (κ1) is 25.2. The molecule has 0 saturated carbocycles. The minimum atomic E-state index is -1.55. The summed E-state index contributed by atoms with van der Waals surface area (Å²) >= 11 is 0. The fraction of sp³-hybridized carbons (Fsp3) is 0.269. The van der Waals surface area contributed by atoms with E-state index in [1.807, 2.05) is 0 Å². The molecule has 2 amide bonds. The molecule has 0 radical (unpaired) electrons. The van der Waals surface area contributed by atoms with Crippen LogP contribution in [0.3, 0.4) is 0 Å². The first-order valence-electron chi connectivity index (χ1n) is 11.2. The van der Waals surface area contributed by atoms with E-state index in [1.54, 1.807) is 30.4 Å². The molecule has 0 spiro atoms. The molecule has 3 N–H and O–H groups in total. The van der Waals surface area contributed by atoms with E-state index in [4.69, 9.17) is 10.7 Å². The van der Waals surface area contributed by atoms with Crippen LogP contribution in [0.4, 0.5) is 13.2 Å². The van der Waals surface area contributed by atoms with Gasteiger partial charge in [0.15, 0.2) is 23.2 Å². The molecular formula is C26H24F3N3O4. The van der Waals surface area contributed by atoms with Crippen molar-refractivity contribution in [1.82, 2.24) is 10.2 Å². The number of carbonyl (C=O) groups is 3. The summed E-state index contributed by atoms with van der Waals surface area (Å²) in [4.78, 5) is 44.5. The van der Waals surface area contributed by atoms with Crippen molar-refractivity contribution in [3.05, 3.63) is 82.2 Å². The van der Waals surface area contributed by atoms with Crippen LogP contribution in [0.25, 0.3) is 5.57 Å². The van der Waals surface area contributed by atoms with Crippen molar-refractivity contribution in [3.8, 4) is 5.75 Å². The second-order valence-corrected chi connectivity index (χ2v) is 8.88. The lowest BCUT2D eigenvalue weighted by atomic mass is 9.78. The summed E-state index contributed by atoms with van der Waals surface area (Å²) in [6, 6.07) is 6.60. The normalized spacial score (nSPS) is 16.6. The van der Waals surface area contributed by atoms with Crippen LogP contribution in [0.5, 0.6) is 5.75 Å². The maximum Gasteiger partial charge on any atom is 0.254 e. The number of rotatable bonds is 7. The zero-order chi connectivity index (χ0) is 26.2. The summed E-state index contributed by atoms with van der Waals surface area (Å²) in [5.74, 6) is 0.298. The minimum absolute atomic E-state index is 0.122. The number of nitrogens with zero attached hydrogens (tertiary/aromatic N) is 1. The Morgan fingerprint density at radius 1 is 1.08 bits per heavy atom. The molecule has 0 bridgehead atoms. The summed E-state index contributed by atoms with van der Waals surface area (Å²) in [6.45, 7) is 2.66. The van der Waals surface area contributed by atoms with Crippen LogP contribution in [0, 0.1) is 17.5 Å². The van der Waals surface area contributed by atoms with Gasteiger partial charge in [-0.05, 0) is 72.4 Å². The summed E-state index contributed by atoms with van der Waals surface area (Å²) in [5, 5.41) is 2.75. The number of halogens is 3. The average Bonchev–Trinajstić information content (AvgIpc) is 3.15. The molecule has 2 aromatic carbocycles. The zero-order valence-corrected chi connectivity index (χ0v) is 19.7. The highest BCUT2D eigenvalue weighted by atomic mass is 19.2. The highest BCUT2D eigenvalue weighted by molar-refractivity contribution is 6.00. The van der Waals surface area contributed by atoms with Crippen molar-refractivity contribution in [1.29, 1.82) is 0 Å². The van der Waals surface area contributed by atoms with Gasteiger partial charge in [-0.3, -0.25) is 14.4 Å². The number of nitrogens with two attached hydrogens (primary N) is 1. The number of benzene rings is 2. The fourth-order valence-corrected chi connectivity index (χ4v) is 4.77. The number of Topliss-reactive ketones (excluding diaryl/α,β-unsaturated/α-hetero) is 1. The molecule has 0 saturated heterocycles. The van der Waals surface area contributed by atoms with Gasteiger partial charge in [0.1, 0.15) is 11.3 Å². The van der Waals surface area contributed by atoms with Crippen molar-refractivity contribution in [2.45, 2.75) is 38.8 Å². The Balaban J connectivity index is 1.69. The number of amides is 2. The van der Waals surface area contributed by atoms with E-state index in [0.717, 1.165) is 12.1 Å². The van der Waals surface area contributed by atoms with Gasteiger partial charge in [0.05, 0.1) is 6.54 Å². The molecule has 10 heteroatoms. The van der Waals surface area contributed by atoms with Gasteiger partial charge in [0.2, 0.25) is 5.91 Å². The molecule has 4 rings (SSSR count). The van der Waals surface area contributed by atoms with Crippen LogP contribution in [0.15, 0.2) is 48.1 Å². The first-order chi connectivity index (χ1) is 17.1. The largest absolute Gasteiger partial charge is 0.412 e. The Labute approximate surface area is 205 Å². The number of hydrogen-bond donors (Lipinski definition) is 2. The fourth-order valence-electron chi connectivity index (χ4n) is 4.77. The van der Waals surface area contributed by atoms with Gasteiger partial charge < -0.3 is 15.1 Å². The third kappa shape index (κ3) is 4.51. The molecule has 1 unspecified atom stereocenters. The van der Waals surface area contributed by atoms with Crippen LogP contribution >= 0.6 is 0 Å². The lowest BCUT2D eigenvalue weighted by Gasteiger charge is -2.38. The molecule has 0 fully saturated rings. The zero-order valence-electron chi connectivity index (χ0n) is 19.7. The standard InChI is InChI=1S/C26H24F3N3O4/c1-14(33)26(31-15(2)34,13-32-12-18-9-20(36-30)7-8-21(18)25(32)35)19-5-3-16(4-6-19)17-10-22(27)24(29)23(28)11-17/h3,5,7-11H,4,6,12-13,30H2,1-2H3,(H,31,34). The van der Waals surface area contributed by atoms with Gasteiger partial charge in [-0.1, -0.05) is 12.2 Å². The van der Waals surface area contributed by atoms with Gasteiger partial charge in [-0.15, -0.1) is 0 Å². The van der Waals surface area contributed by atoms with E-state index >= 15 is 0 Å². The van der Waals surface area contributed by atoms with Gasteiger partial charge in [0.25, 0.3) is 5.91 Å². The highest BCUT2D eigenvalue weighted by Gasteiger charge is 2.44. The van der Waals surface area contributed by atoms with Gasteiger partial charge in [-0.2, -0.15) is 5.90 Å². The third-order valence-corrected chi connectivity index (χ3v) is 6.56. The number of nitrogens with one attached hydrogen (secondary N) is 1. The topological polar surface area (TPSA) is 102 Å². The number of fused-ring (bicyclic) bond motifs is 1. The first-order valence-corrected chi connectivity index (χ1v) is 11.2. The van der Waals surface area contributed by atoms with E-state index < -0.39 is 28.9 Å². The summed E-state index contributed by atoms with van der Waals surface area (Å²) in [6.07, 6.45) is 3.71. The lowest BCUT2D eigenvalue weighted by Crippen LogP contribution is -2.61. The number of hydrogen-bond acceptors (Lipinski definition) is 5. The van der Waals surface area contributed by atoms with Gasteiger partial charge in [-0.25, -0.2) is 13.2 Å². The van der Waals surface area contributed by atoms with E-state index in [1.165, 1.54) is 18.7 Å². The van der Waals surface area contributed by atoms with E-state index in [9.17, 15) is 27.6 Å². The van der Waals surface area contributed by atoms with Crippen molar-refractivity contribution in [2.75, 3.05) is 6.54 Å². The van der Waals surface area contributed by atoms with Gasteiger partial charge >= 0.3 is 0 Å². The van der Waals surface area contributed by atoms with Gasteiger partial charge in [0, 0.05) is 19.0 Å². The SMILES string of the molecule is CC(=O)NC(CN1Cc2cc(ON)ccc2C1=O)(C(C)=O)C1=CC=C(c2cc(F)c(F)c(F)c2)CC1. The van der Waals surface area contributed by atoms with Crippen molar-refractivity contribution < 1.29 is 32.4 Å². The predicted octanol–water partition coefficient (Wildman–Crippen LogP) is 3.58. The monoisotopic (exact) mass is 499 g/mol. The molecule has 188 valence electrons. The molecule has 7 nitrogen and oxygen atoms in total. The predicted molar refractivity (Wildman–Crippen MR) is 125 cm³/mol. The van der Waals surface area contributed by atoms with Crippen molar-refractivity contribution in [2.24, 2.45) is 5.90 Å². The van der Waals surface area contributed by atoms with Crippen LogP contribution in [0.1, 0.15) is 48.2 Å². The minimum Gasteiger partial charge on any atom is -0.412 e. The van der Waals surface area contributed by atoms with Crippen LogP contribution in [0.2, 0.25) is 0 Å². The summed E-state index contributed by atoms with van der Waals surface area (Å²) in [5.41, 5.74) is 0.845. The Morgan fingerprint density at radius 3 is 2.33 bits per heavy atom. The van der Waals surface area contributed by atoms with E-state index in [-0.39, 0.29) is 43.2 Å². The average molecular weight is 499 g/mol. The Hall–Kier alpha value is -3.92. The van der Waals surface area contributed by atoms with Crippen molar-refractivity contribution >= 4 is 23.2 Å². The quantitative estimate of drug-likeness (QED) is 0.448. The molecule has 2 aliphatic rings. The highest BCUT2D eigenvalue weighted by Crippen LogP contribution is 2.36. The maximum atomic E-state index is 13.7. The third-order valence-electron chi connectivity index (χ3n) is 6.56. The maximum absolute atomic E-state index is 13.7. The Kier molecular flexibility index (Phi) is 6.73. The number of allylic oxidation sites excluding steroid dienone is 3. The molecule has 1 atom stereocenters. The van der Waals surface area contributed by atoms with Crippen molar-refractivity contribution in [3.63, 3.8) is 0 Å². The Bertz CT molecular complexity index is 1310. The van der Waals surface area contributed by atoms with Crippen LogP contribution in [-0.2, 0) is 16.1 Å². The second kappa shape index (κ2) is 9.62. The van der Waals surface area contributed by atoms with E-state index in [0.29, 0.717) is 28.0 Å². The number of carbonyl (C=O) groups excluding carboxylic acids is 3. The smallest absolute Gasteiger partial charge is 0.254 e. The number of ketones is 1. The molecule has 36 heavy (non-hydrogen) atoms. The molecule has 1 aliphatic heterocycles. The van der Waals surface area contributed by atoms with E-state index in [2.05, 4.69) is 5.32 Å². The molecule has 2 aromatic rings. The van der Waals surface area contributed by atoms with Crippen LogP contribution in [-0.4, -0.2) is 34.6 Å². The second-order valence-electron chi connectivity index (χ2n) is 8.88.